The maximum atomic E-state index is 12.6. The number of carbonyl (C=O) groups excluding carboxylic acids is 1. The molecule has 0 unspecified atom stereocenters. The molecule has 0 saturated heterocycles. The van der Waals surface area contributed by atoms with E-state index in [0.29, 0.717) is 13.1 Å². The molecule has 0 bridgehead atoms. The maximum absolute atomic E-state index is 12.6. The highest BCUT2D eigenvalue weighted by molar-refractivity contribution is 7.13. The van der Waals surface area contributed by atoms with E-state index in [9.17, 15) is 4.79 Å². The Morgan fingerprint density at radius 3 is 2.74 bits per heavy atom. The second-order valence-corrected chi connectivity index (χ2v) is 9.78. The zero-order chi connectivity index (χ0) is 23.3. The SMILES string of the molecule is Cc1ccc(-c2csc(-c3cccn3CC(=O)NCCCN3CCc4ccccc4C3)n2)cc1. The van der Waals surface area contributed by atoms with Gasteiger partial charge in [0.15, 0.2) is 0 Å². The molecule has 5 nitrogen and oxygen atoms in total. The van der Waals surface area contributed by atoms with Crippen molar-refractivity contribution in [1.82, 2.24) is 19.8 Å². The van der Waals surface area contributed by atoms with Gasteiger partial charge >= 0.3 is 0 Å². The number of nitrogens with zero attached hydrogens (tertiary/aromatic N) is 3. The summed E-state index contributed by atoms with van der Waals surface area (Å²) in [4.78, 5) is 19.9. The zero-order valence-electron chi connectivity index (χ0n) is 19.5. The van der Waals surface area contributed by atoms with Gasteiger partial charge in [-0.1, -0.05) is 54.1 Å². The van der Waals surface area contributed by atoms with E-state index in [4.69, 9.17) is 4.98 Å². The minimum atomic E-state index is 0.0387. The lowest BCUT2D eigenvalue weighted by Gasteiger charge is -2.28. The molecule has 0 saturated carbocycles. The lowest BCUT2D eigenvalue weighted by atomic mass is 10.00. The Morgan fingerprint density at radius 2 is 1.88 bits per heavy atom. The van der Waals surface area contributed by atoms with Crippen molar-refractivity contribution in [2.75, 3.05) is 19.6 Å². The fraction of sp³-hybridized carbons (Fsp3) is 0.286. The first-order valence-corrected chi connectivity index (χ1v) is 12.8. The van der Waals surface area contributed by atoms with E-state index in [1.54, 1.807) is 11.3 Å². The van der Waals surface area contributed by atoms with Gasteiger partial charge in [-0.25, -0.2) is 4.98 Å². The van der Waals surface area contributed by atoms with Crippen LogP contribution < -0.4 is 5.32 Å². The van der Waals surface area contributed by atoms with E-state index in [-0.39, 0.29) is 5.91 Å². The maximum Gasteiger partial charge on any atom is 0.239 e. The molecule has 2 aromatic heterocycles. The Bertz CT molecular complexity index is 1260. The number of amides is 1. The van der Waals surface area contributed by atoms with Crippen LogP contribution in [0.1, 0.15) is 23.1 Å². The Kier molecular flexibility index (Phi) is 6.88. The van der Waals surface area contributed by atoms with Crippen molar-refractivity contribution in [3.63, 3.8) is 0 Å². The van der Waals surface area contributed by atoms with Crippen molar-refractivity contribution in [1.29, 1.82) is 0 Å². The third-order valence-electron chi connectivity index (χ3n) is 6.40. The quantitative estimate of drug-likeness (QED) is 0.362. The first-order valence-electron chi connectivity index (χ1n) is 11.9. The Morgan fingerprint density at radius 1 is 1.06 bits per heavy atom. The molecule has 3 heterocycles. The summed E-state index contributed by atoms with van der Waals surface area (Å²) in [6.45, 7) is 6.19. The van der Waals surface area contributed by atoms with Crippen LogP contribution in [0, 0.1) is 6.92 Å². The summed E-state index contributed by atoms with van der Waals surface area (Å²) < 4.78 is 1.98. The lowest BCUT2D eigenvalue weighted by molar-refractivity contribution is -0.121. The smallest absolute Gasteiger partial charge is 0.239 e. The fourth-order valence-electron chi connectivity index (χ4n) is 4.48. The van der Waals surface area contributed by atoms with Gasteiger partial charge in [0.1, 0.15) is 11.6 Å². The standard InChI is InChI=1S/C28H30N4OS/c1-21-9-11-23(12-10-21)25-20-34-28(30-25)26-8-4-16-32(26)19-27(33)29-14-5-15-31-17-13-22-6-2-3-7-24(22)18-31/h2-4,6-12,16,20H,5,13-15,17-19H2,1H3,(H,29,33). The third kappa shape index (κ3) is 5.29. The number of hydrogen-bond acceptors (Lipinski definition) is 4. The molecule has 1 aliphatic rings. The molecule has 6 heteroatoms. The summed E-state index contributed by atoms with van der Waals surface area (Å²) in [5.41, 5.74) is 7.20. The molecule has 1 aliphatic heterocycles. The highest BCUT2D eigenvalue weighted by Gasteiger charge is 2.16. The molecule has 174 valence electrons. The lowest BCUT2D eigenvalue weighted by Crippen LogP contribution is -2.34. The minimum Gasteiger partial charge on any atom is -0.355 e. The molecule has 1 amide bonds. The van der Waals surface area contributed by atoms with Crippen LogP contribution in [-0.4, -0.2) is 40.0 Å². The van der Waals surface area contributed by atoms with Crippen LogP contribution in [0.15, 0.2) is 72.2 Å². The normalized spacial score (nSPS) is 13.6. The summed E-state index contributed by atoms with van der Waals surface area (Å²) in [7, 11) is 0. The molecule has 1 N–H and O–H groups in total. The van der Waals surface area contributed by atoms with E-state index in [1.165, 1.54) is 16.7 Å². The molecular weight excluding hydrogens is 440 g/mol. The van der Waals surface area contributed by atoms with Crippen molar-refractivity contribution in [3.05, 3.63) is 88.9 Å². The van der Waals surface area contributed by atoms with E-state index >= 15 is 0 Å². The molecule has 0 atom stereocenters. The molecule has 4 aromatic rings. The molecule has 2 aromatic carbocycles. The molecule has 0 aliphatic carbocycles. The second-order valence-electron chi connectivity index (χ2n) is 8.92. The number of nitrogens with one attached hydrogen (secondary N) is 1. The van der Waals surface area contributed by atoms with E-state index in [0.717, 1.165) is 54.4 Å². The molecular formula is C28H30N4OS. The number of fused-ring (bicyclic) bond motifs is 1. The predicted molar refractivity (Wildman–Crippen MR) is 139 cm³/mol. The van der Waals surface area contributed by atoms with Crippen LogP contribution in [0.3, 0.4) is 0 Å². The van der Waals surface area contributed by atoms with E-state index in [1.807, 2.05) is 22.9 Å². The Labute approximate surface area is 205 Å². The minimum absolute atomic E-state index is 0.0387. The van der Waals surface area contributed by atoms with Crippen LogP contribution in [0.2, 0.25) is 0 Å². The van der Waals surface area contributed by atoms with Gasteiger partial charge in [-0.3, -0.25) is 9.69 Å². The van der Waals surface area contributed by atoms with Gasteiger partial charge in [-0.05, 0) is 43.0 Å². The Hall–Kier alpha value is -3.22. The number of aromatic nitrogens is 2. The summed E-state index contributed by atoms with van der Waals surface area (Å²) in [6, 6.07) is 21.1. The first kappa shape index (κ1) is 22.6. The number of carbonyl (C=O) groups is 1. The second kappa shape index (κ2) is 10.4. The van der Waals surface area contributed by atoms with Crippen molar-refractivity contribution < 1.29 is 4.79 Å². The van der Waals surface area contributed by atoms with Gasteiger partial charge in [0.25, 0.3) is 0 Å². The number of aryl methyl sites for hydroxylation is 1. The van der Waals surface area contributed by atoms with Crippen LogP contribution in [0.25, 0.3) is 22.0 Å². The highest BCUT2D eigenvalue weighted by Crippen LogP contribution is 2.29. The van der Waals surface area contributed by atoms with Gasteiger partial charge in [-0.2, -0.15) is 0 Å². The molecule has 0 spiro atoms. The molecule has 0 radical (unpaired) electrons. The van der Waals surface area contributed by atoms with Crippen LogP contribution in [0.5, 0.6) is 0 Å². The van der Waals surface area contributed by atoms with Crippen LogP contribution >= 0.6 is 11.3 Å². The number of hydrogen-bond donors (Lipinski definition) is 1. The summed E-state index contributed by atoms with van der Waals surface area (Å²) in [6.07, 6.45) is 4.02. The van der Waals surface area contributed by atoms with Gasteiger partial charge < -0.3 is 9.88 Å². The number of rotatable bonds is 8. The molecule has 34 heavy (non-hydrogen) atoms. The van der Waals surface area contributed by atoms with Crippen LogP contribution in [-0.2, 0) is 24.3 Å². The molecule has 0 fully saturated rings. The number of benzene rings is 2. The van der Waals surface area contributed by atoms with E-state index < -0.39 is 0 Å². The Balaban J connectivity index is 1.11. The van der Waals surface area contributed by atoms with Gasteiger partial charge in [-0.15, -0.1) is 11.3 Å². The highest BCUT2D eigenvalue weighted by atomic mass is 32.1. The number of thiazole rings is 1. The molecule has 5 rings (SSSR count). The topological polar surface area (TPSA) is 50.2 Å². The van der Waals surface area contributed by atoms with Gasteiger partial charge in [0.2, 0.25) is 5.91 Å². The van der Waals surface area contributed by atoms with E-state index in [2.05, 4.69) is 71.1 Å². The van der Waals surface area contributed by atoms with Crippen molar-refractivity contribution >= 4 is 17.2 Å². The third-order valence-corrected chi connectivity index (χ3v) is 7.26. The largest absolute Gasteiger partial charge is 0.355 e. The summed E-state index contributed by atoms with van der Waals surface area (Å²) in [5, 5.41) is 6.10. The van der Waals surface area contributed by atoms with Gasteiger partial charge in [0.05, 0.1) is 11.4 Å². The van der Waals surface area contributed by atoms with Crippen molar-refractivity contribution in [3.8, 4) is 22.0 Å². The summed E-state index contributed by atoms with van der Waals surface area (Å²) >= 11 is 1.61. The monoisotopic (exact) mass is 470 g/mol. The fourth-order valence-corrected chi connectivity index (χ4v) is 5.35. The van der Waals surface area contributed by atoms with Crippen LogP contribution in [0.4, 0.5) is 0 Å². The van der Waals surface area contributed by atoms with Crippen molar-refractivity contribution in [2.24, 2.45) is 0 Å². The first-order chi connectivity index (χ1) is 16.7. The zero-order valence-corrected chi connectivity index (χ0v) is 20.4. The summed E-state index contributed by atoms with van der Waals surface area (Å²) in [5.74, 6) is 0.0387. The van der Waals surface area contributed by atoms with Crippen molar-refractivity contribution in [2.45, 2.75) is 32.9 Å². The predicted octanol–water partition coefficient (Wildman–Crippen LogP) is 5.15. The average Bonchev–Trinajstić information content (AvgIpc) is 3.52. The van der Waals surface area contributed by atoms with Gasteiger partial charge in [0, 0.05) is 43.3 Å². The average molecular weight is 471 g/mol.